The first-order valence-corrected chi connectivity index (χ1v) is 8.90. The van der Waals surface area contributed by atoms with Gasteiger partial charge < -0.3 is 24.4 Å². The highest BCUT2D eigenvalue weighted by molar-refractivity contribution is 9.10. The molecule has 0 unspecified atom stereocenters. The minimum atomic E-state index is -0.302. The molecule has 0 radical (unpaired) electrons. The zero-order chi connectivity index (χ0) is 18.3. The lowest BCUT2D eigenvalue weighted by Crippen LogP contribution is -2.14. The third kappa shape index (κ3) is 2.83. The number of rotatable bonds is 3. The summed E-state index contributed by atoms with van der Waals surface area (Å²) >= 11 is 3.47. The average Bonchev–Trinajstić information content (AvgIpc) is 2.64. The van der Waals surface area contributed by atoms with Gasteiger partial charge in [-0.05, 0) is 37.3 Å². The van der Waals surface area contributed by atoms with Crippen molar-refractivity contribution in [3.05, 3.63) is 50.6 Å². The summed E-state index contributed by atoms with van der Waals surface area (Å²) < 4.78 is 23.2. The first-order valence-electron chi connectivity index (χ1n) is 8.11. The fraction of sp³-hybridized carbons (Fsp3) is 0.211. The van der Waals surface area contributed by atoms with Crippen LogP contribution in [0.2, 0.25) is 0 Å². The van der Waals surface area contributed by atoms with Crippen molar-refractivity contribution < 1.29 is 18.6 Å². The first kappa shape index (κ1) is 16.9. The predicted molar refractivity (Wildman–Crippen MR) is 101 cm³/mol. The summed E-state index contributed by atoms with van der Waals surface area (Å²) in [6.45, 7) is 2.94. The van der Waals surface area contributed by atoms with E-state index in [4.69, 9.17) is 24.4 Å². The van der Waals surface area contributed by atoms with E-state index in [1.807, 2.05) is 19.1 Å². The molecule has 134 valence electrons. The summed E-state index contributed by atoms with van der Waals surface area (Å²) in [4.78, 5) is 12.8. The minimum absolute atomic E-state index is 0.0292. The highest BCUT2D eigenvalue weighted by atomic mass is 79.9. The monoisotopic (exact) mass is 417 g/mol. The van der Waals surface area contributed by atoms with Gasteiger partial charge in [0.15, 0.2) is 12.6 Å². The van der Waals surface area contributed by atoms with E-state index in [0.29, 0.717) is 41.2 Å². The number of fused-ring (bicyclic) bond motifs is 2. The van der Waals surface area contributed by atoms with Gasteiger partial charge in [-0.1, -0.05) is 15.9 Å². The molecule has 2 heterocycles. The molecule has 7 heteroatoms. The normalized spacial score (nSPS) is 13.3. The summed E-state index contributed by atoms with van der Waals surface area (Å²) in [5.41, 5.74) is 7.77. The number of nitrogen functional groups attached to an aromatic ring is 1. The maximum absolute atomic E-state index is 12.8. The van der Waals surface area contributed by atoms with Gasteiger partial charge in [0.05, 0.1) is 24.2 Å². The van der Waals surface area contributed by atoms with Crippen LogP contribution >= 0.6 is 15.9 Å². The average molecular weight is 418 g/mol. The molecule has 0 saturated carbocycles. The molecule has 0 aliphatic carbocycles. The molecular weight excluding hydrogens is 402 g/mol. The molecule has 0 atom stereocenters. The van der Waals surface area contributed by atoms with Crippen LogP contribution in [0.25, 0.3) is 22.3 Å². The number of anilines is 1. The number of benzene rings is 2. The Morgan fingerprint density at radius 3 is 2.92 bits per heavy atom. The Morgan fingerprint density at radius 1 is 1.27 bits per heavy atom. The summed E-state index contributed by atoms with van der Waals surface area (Å²) in [6.07, 6.45) is 0. The highest BCUT2D eigenvalue weighted by Crippen LogP contribution is 2.41. The Morgan fingerprint density at radius 2 is 2.12 bits per heavy atom. The van der Waals surface area contributed by atoms with Crippen molar-refractivity contribution >= 4 is 32.6 Å². The molecule has 0 amide bonds. The molecule has 3 aromatic rings. The van der Waals surface area contributed by atoms with Crippen LogP contribution in [0, 0.1) is 0 Å². The maximum atomic E-state index is 12.8. The molecule has 26 heavy (non-hydrogen) atoms. The Kier molecular flexibility index (Phi) is 4.34. The van der Waals surface area contributed by atoms with Crippen LogP contribution in [-0.2, 0) is 11.3 Å². The number of nitrogens with two attached hydrogens (primary N) is 1. The molecule has 1 aliphatic rings. The first-order chi connectivity index (χ1) is 12.6. The molecular formula is C19H16BrNO5. The topological polar surface area (TPSA) is 83.9 Å². The van der Waals surface area contributed by atoms with E-state index in [0.717, 1.165) is 10.0 Å². The van der Waals surface area contributed by atoms with Crippen molar-refractivity contribution in [3.63, 3.8) is 0 Å². The molecule has 1 aromatic heterocycles. The van der Waals surface area contributed by atoms with Crippen LogP contribution in [0.1, 0.15) is 12.5 Å². The van der Waals surface area contributed by atoms with Crippen LogP contribution in [0.5, 0.6) is 11.5 Å². The van der Waals surface area contributed by atoms with E-state index >= 15 is 0 Å². The van der Waals surface area contributed by atoms with Gasteiger partial charge in [-0.3, -0.25) is 4.79 Å². The van der Waals surface area contributed by atoms with Crippen molar-refractivity contribution in [2.24, 2.45) is 0 Å². The van der Waals surface area contributed by atoms with Gasteiger partial charge in [0.25, 0.3) is 0 Å². The van der Waals surface area contributed by atoms with Crippen LogP contribution in [0.4, 0.5) is 5.69 Å². The Hall–Kier alpha value is -2.51. The molecule has 6 nitrogen and oxygen atoms in total. The van der Waals surface area contributed by atoms with E-state index < -0.39 is 0 Å². The number of hydrogen-bond donors (Lipinski definition) is 1. The zero-order valence-corrected chi connectivity index (χ0v) is 15.6. The van der Waals surface area contributed by atoms with Crippen molar-refractivity contribution in [1.82, 2.24) is 0 Å². The van der Waals surface area contributed by atoms with Gasteiger partial charge in [-0.2, -0.15) is 0 Å². The summed E-state index contributed by atoms with van der Waals surface area (Å²) in [5.74, 6) is 1.49. The van der Waals surface area contributed by atoms with Gasteiger partial charge in [0, 0.05) is 10.0 Å². The number of ether oxygens (including phenoxy) is 3. The second kappa shape index (κ2) is 6.66. The molecule has 0 bridgehead atoms. The Bertz CT molecular complexity index is 1060. The second-order valence-corrected chi connectivity index (χ2v) is 6.73. The van der Waals surface area contributed by atoms with E-state index in [9.17, 15) is 4.79 Å². The molecule has 1 aliphatic heterocycles. The summed E-state index contributed by atoms with van der Waals surface area (Å²) in [5, 5.41) is 0.380. The smallest absolute Gasteiger partial charge is 0.216 e. The van der Waals surface area contributed by atoms with E-state index in [-0.39, 0.29) is 23.7 Å². The van der Waals surface area contributed by atoms with Gasteiger partial charge in [0.1, 0.15) is 22.8 Å². The zero-order valence-electron chi connectivity index (χ0n) is 14.0. The van der Waals surface area contributed by atoms with Crippen molar-refractivity contribution in [2.75, 3.05) is 19.1 Å². The van der Waals surface area contributed by atoms with Crippen molar-refractivity contribution in [2.45, 2.75) is 13.5 Å². The second-order valence-electron chi connectivity index (χ2n) is 5.82. The van der Waals surface area contributed by atoms with Gasteiger partial charge in [-0.15, -0.1) is 0 Å². The third-order valence-electron chi connectivity index (χ3n) is 4.13. The molecule has 2 aromatic carbocycles. The fourth-order valence-electron chi connectivity index (χ4n) is 2.99. The van der Waals surface area contributed by atoms with Crippen LogP contribution in [-0.4, -0.2) is 13.4 Å². The quantitative estimate of drug-likeness (QED) is 0.691. The highest BCUT2D eigenvalue weighted by Gasteiger charge is 2.23. The van der Waals surface area contributed by atoms with Crippen LogP contribution < -0.4 is 20.6 Å². The van der Waals surface area contributed by atoms with E-state index in [2.05, 4.69) is 15.9 Å². The number of hydrogen-bond acceptors (Lipinski definition) is 6. The standard InChI is InChI=1S/C19H16BrNO5/c1-2-24-12-3-4-15-13(7-12)17(22)16(21)19(26-15)14-6-11(20)5-10-8-23-9-25-18(10)14/h3-7H,2,8-9,21H2,1H3. The number of halogens is 1. The van der Waals surface area contributed by atoms with Crippen LogP contribution in [0.3, 0.4) is 0 Å². The SMILES string of the molecule is CCOc1ccc2oc(-c3cc(Br)cc4c3OCOC4)c(N)c(=O)c2c1. The largest absolute Gasteiger partial charge is 0.494 e. The van der Waals surface area contributed by atoms with Gasteiger partial charge in [0.2, 0.25) is 5.43 Å². The maximum Gasteiger partial charge on any atom is 0.216 e. The third-order valence-corrected chi connectivity index (χ3v) is 4.59. The molecule has 2 N–H and O–H groups in total. The molecule has 4 rings (SSSR count). The summed E-state index contributed by atoms with van der Waals surface area (Å²) in [6, 6.07) is 8.83. The molecule has 0 fully saturated rings. The lowest BCUT2D eigenvalue weighted by atomic mass is 10.0. The van der Waals surface area contributed by atoms with Crippen molar-refractivity contribution in [1.29, 1.82) is 0 Å². The van der Waals surface area contributed by atoms with E-state index in [1.165, 1.54) is 0 Å². The lowest BCUT2D eigenvalue weighted by Gasteiger charge is -2.21. The lowest BCUT2D eigenvalue weighted by molar-refractivity contribution is -0.0160. The van der Waals surface area contributed by atoms with Gasteiger partial charge in [-0.25, -0.2) is 0 Å². The van der Waals surface area contributed by atoms with Crippen molar-refractivity contribution in [3.8, 4) is 22.8 Å². The van der Waals surface area contributed by atoms with Gasteiger partial charge >= 0.3 is 0 Å². The Balaban J connectivity index is 1.96. The predicted octanol–water partition coefficient (Wildman–Crippen LogP) is 4.07. The van der Waals surface area contributed by atoms with E-state index in [1.54, 1.807) is 18.2 Å². The Labute approximate surface area is 157 Å². The minimum Gasteiger partial charge on any atom is -0.494 e. The van der Waals surface area contributed by atoms with Crippen LogP contribution in [0.15, 0.2) is 44.0 Å². The molecule has 0 saturated heterocycles. The fourth-order valence-corrected chi connectivity index (χ4v) is 3.50. The molecule has 0 spiro atoms. The summed E-state index contributed by atoms with van der Waals surface area (Å²) in [7, 11) is 0.